The van der Waals surface area contributed by atoms with Crippen LogP contribution in [0.5, 0.6) is 0 Å². The summed E-state index contributed by atoms with van der Waals surface area (Å²) in [5.74, 6) is 0. The molecule has 0 aromatic rings. The fraction of sp³-hybridized carbons (Fsp3) is 1.00. The van der Waals surface area contributed by atoms with Crippen molar-refractivity contribution in [2.24, 2.45) is 5.73 Å². The van der Waals surface area contributed by atoms with E-state index in [0.717, 1.165) is 12.6 Å². The Bertz CT molecular complexity index is 282. The quantitative estimate of drug-likeness (QED) is 0.102. The average Bonchev–Trinajstić information content (AvgIpc) is 2.62. The Hall–Kier alpha value is 0.757. The Labute approximate surface area is 182 Å². The number of unbranched alkanes of at least 4 members (excludes halogenated alkanes) is 19. The van der Waals surface area contributed by atoms with Crippen LogP contribution >= 0.6 is 22.2 Å². The van der Waals surface area contributed by atoms with Crippen molar-refractivity contribution < 1.29 is 0 Å². The molecule has 27 heavy (non-hydrogen) atoms. The zero-order valence-corrected chi connectivity index (χ0v) is 20.9. The smallest absolute Gasteiger partial charge is 0.248 e. The van der Waals surface area contributed by atoms with E-state index in [1.807, 2.05) is 6.55 Å². The van der Waals surface area contributed by atoms with Gasteiger partial charge in [0.1, 0.15) is 0 Å². The fourth-order valence-corrected chi connectivity index (χ4v) is 5.43. The van der Waals surface area contributed by atoms with E-state index in [1.54, 1.807) is 0 Å². The normalized spacial score (nSPS) is 12.0. The molecule has 0 aliphatic rings. The average molecular weight is 439 g/mol. The molecule has 0 saturated heterocycles. The second kappa shape index (κ2) is 21.5. The summed E-state index contributed by atoms with van der Waals surface area (Å²) in [5, 5.41) is 0. The lowest BCUT2D eigenvalue weighted by molar-refractivity contribution is 0.522. The van der Waals surface area contributed by atoms with Crippen LogP contribution in [0.4, 0.5) is 0 Å². The molecule has 164 valence electrons. The number of hydrogen-bond donors (Lipinski definition) is 1. The molecular weight excluding hydrogens is 389 g/mol. The first kappa shape index (κ1) is 27.8. The van der Waals surface area contributed by atoms with Crippen molar-refractivity contribution >= 4 is 28.9 Å². The third-order valence-corrected chi connectivity index (χ3v) is 7.94. The minimum atomic E-state index is -1.83. The molecule has 1 nitrogen and oxygen atoms in total. The zero-order chi connectivity index (χ0) is 20.1. The van der Waals surface area contributed by atoms with Crippen molar-refractivity contribution in [1.82, 2.24) is 0 Å². The molecule has 0 unspecified atom stereocenters. The van der Waals surface area contributed by atoms with Gasteiger partial charge in [-0.2, -0.15) is 0 Å². The molecule has 0 atom stereocenters. The minimum Gasteiger partial charge on any atom is -0.330 e. The van der Waals surface area contributed by atoms with Crippen molar-refractivity contribution in [1.29, 1.82) is 0 Å². The van der Waals surface area contributed by atoms with Gasteiger partial charge in [-0.3, -0.25) is 0 Å². The molecule has 0 bridgehead atoms. The molecule has 0 rings (SSSR count). The lowest BCUT2D eigenvalue weighted by atomic mass is 10.0. The predicted octanol–water partition coefficient (Wildman–Crippen LogP) is 9.30. The Balaban J connectivity index is 3.01. The molecule has 0 aromatic heterocycles. The Kier molecular flexibility index (Phi) is 22.1. The molecule has 0 heterocycles. The van der Waals surface area contributed by atoms with E-state index in [4.69, 9.17) is 27.9 Å². The largest absolute Gasteiger partial charge is 0.330 e. The van der Waals surface area contributed by atoms with E-state index < -0.39 is 6.69 Å². The summed E-state index contributed by atoms with van der Waals surface area (Å²) in [5.41, 5.74) is 5.51. The minimum absolute atomic E-state index is 0.867. The van der Waals surface area contributed by atoms with Gasteiger partial charge in [-0.25, -0.2) is 0 Å². The van der Waals surface area contributed by atoms with Gasteiger partial charge in [0.05, 0.1) is 0 Å². The molecular formula is C23H49Cl2NSi. The van der Waals surface area contributed by atoms with Gasteiger partial charge in [0, 0.05) is 0 Å². The highest BCUT2D eigenvalue weighted by Gasteiger charge is 2.19. The molecule has 0 saturated carbocycles. The van der Waals surface area contributed by atoms with Gasteiger partial charge in [0.25, 0.3) is 0 Å². The van der Waals surface area contributed by atoms with Gasteiger partial charge in [0.15, 0.2) is 0 Å². The number of nitrogens with two attached hydrogens (primary N) is 1. The highest BCUT2D eigenvalue weighted by molar-refractivity contribution is 7.44. The van der Waals surface area contributed by atoms with Gasteiger partial charge in [-0.05, 0) is 25.6 Å². The van der Waals surface area contributed by atoms with Crippen molar-refractivity contribution in [3.05, 3.63) is 0 Å². The maximum atomic E-state index is 6.12. The first-order chi connectivity index (χ1) is 13.1. The van der Waals surface area contributed by atoms with E-state index in [9.17, 15) is 0 Å². The number of hydrogen-bond acceptors (Lipinski definition) is 1. The van der Waals surface area contributed by atoms with Crippen LogP contribution in [0.25, 0.3) is 0 Å². The molecule has 0 fully saturated rings. The predicted molar refractivity (Wildman–Crippen MR) is 130 cm³/mol. The first-order valence-corrected chi connectivity index (χ1v) is 16.9. The molecule has 4 heteroatoms. The summed E-state index contributed by atoms with van der Waals surface area (Å²) in [6.07, 6.45) is 28.0. The van der Waals surface area contributed by atoms with Crippen LogP contribution < -0.4 is 5.73 Å². The maximum absolute atomic E-state index is 6.12. The van der Waals surface area contributed by atoms with Gasteiger partial charge >= 0.3 is 0 Å². The highest BCUT2D eigenvalue weighted by Crippen LogP contribution is 2.23. The van der Waals surface area contributed by atoms with Crippen LogP contribution in [0.1, 0.15) is 128 Å². The summed E-state index contributed by atoms with van der Waals surface area (Å²) in [7, 11) is 0. The van der Waals surface area contributed by atoms with Crippen LogP contribution in [-0.4, -0.2) is 13.2 Å². The van der Waals surface area contributed by atoms with Crippen molar-refractivity contribution in [3.63, 3.8) is 0 Å². The summed E-state index contributed by atoms with van der Waals surface area (Å²) >= 11 is 12.2. The third kappa shape index (κ3) is 26.8. The SMILES string of the molecule is C[Si](Cl)(Cl)CCCCCCCCCCCCCCCCCCCCCCN. The van der Waals surface area contributed by atoms with Crippen molar-refractivity contribution in [2.75, 3.05) is 6.54 Å². The summed E-state index contributed by atoms with van der Waals surface area (Å²) < 4.78 is 0. The fourth-order valence-electron chi connectivity index (χ4n) is 3.76. The molecule has 0 spiro atoms. The van der Waals surface area contributed by atoms with Crippen LogP contribution in [0, 0.1) is 0 Å². The van der Waals surface area contributed by atoms with E-state index in [-0.39, 0.29) is 0 Å². The summed E-state index contributed by atoms with van der Waals surface area (Å²) in [6.45, 7) is 1.07. The second-order valence-electron chi connectivity index (χ2n) is 8.68. The summed E-state index contributed by atoms with van der Waals surface area (Å²) in [4.78, 5) is 0. The monoisotopic (exact) mass is 437 g/mol. The molecule has 0 amide bonds. The van der Waals surface area contributed by atoms with Crippen LogP contribution in [0.2, 0.25) is 12.6 Å². The lowest BCUT2D eigenvalue weighted by Crippen LogP contribution is -2.11. The van der Waals surface area contributed by atoms with Crippen molar-refractivity contribution in [2.45, 2.75) is 141 Å². The molecule has 0 radical (unpaired) electrons. The van der Waals surface area contributed by atoms with E-state index >= 15 is 0 Å². The van der Waals surface area contributed by atoms with E-state index in [0.29, 0.717) is 0 Å². The van der Waals surface area contributed by atoms with Crippen LogP contribution in [0.15, 0.2) is 0 Å². The Morgan fingerprint density at radius 2 is 0.667 bits per heavy atom. The van der Waals surface area contributed by atoms with Gasteiger partial charge in [-0.15, -0.1) is 22.2 Å². The van der Waals surface area contributed by atoms with E-state index in [2.05, 4.69) is 0 Å². The standard InChI is InChI=1S/C23H49Cl2NSi/c1-27(24,25)23-21-19-17-15-13-11-9-7-5-3-2-4-6-8-10-12-14-16-18-20-22-26/h2-23,26H2,1H3. The van der Waals surface area contributed by atoms with Crippen molar-refractivity contribution in [3.8, 4) is 0 Å². The molecule has 0 aliphatic carbocycles. The van der Waals surface area contributed by atoms with E-state index in [1.165, 1.54) is 128 Å². The molecule has 2 N–H and O–H groups in total. The number of rotatable bonds is 22. The van der Waals surface area contributed by atoms with Gasteiger partial charge in [-0.1, -0.05) is 122 Å². The van der Waals surface area contributed by atoms with Gasteiger partial charge < -0.3 is 5.73 Å². The van der Waals surface area contributed by atoms with Crippen LogP contribution in [0.3, 0.4) is 0 Å². The lowest BCUT2D eigenvalue weighted by Gasteiger charge is -2.09. The van der Waals surface area contributed by atoms with Gasteiger partial charge in [0.2, 0.25) is 6.69 Å². The second-order valence-corrected chi connectivity index (χ2v) is 16.9. The summed E-state index contributed by atoms with van der Waals surface area (Å²) in [6, 6.07) is 1.06. The maximum Gasteiger partial charge on any atom is 0.248 e. The first-order valence-electron chi connectivity index (χ1n) is 12.1. The zero-order valence-electron chi connectivity index (χ0n) is 18.4. The molecule has 0 aliphatic heterocycles. The number of halogens is 2. The Morgan fingerprint density at radius 3 is 0.889 bits per heavy atom. The van der Waals surface area contributed by atoms with Crippen LogP contribution in [-0.2, 0) is 0 Å². The highest BCUT2D eigenvalue weighted by atomic mass is 35.7. The topological polar surface area (TPSA) is 26.0 Å². The third-order valence-electron chi connectivity index (χ3n) is 5.57. The Morgan fingerprint density at radius 1 is 0.444 bits per heavy atom. The molecule has 0 aromatic carbocycles.